The maximum atomic E-state index is 14.0. The summed E-state index contributed by atoms with van der Waals surface area (Å²) < 4.78 is 28.0. The third kappa shape index (κ3) is 5.49. The zero-order valence-electron chi connectivity index (χ0n) is 15.0. The predicted octanol–water partition coefficient (Wildman–Crippen LogP) is 2.77. The molecule has 0 fully saturated rings. The Bertz CT molecular complexity index is 790. The zero-order chi connectivity index (χ0) is 20.0. The number of nitrogens with one attached hydrogen (secondary N) is 2. The number of carbonyl (C=O) groups is 2. The van der Waals surface area contributed by atoms with E-state index in [4.69, 9.17) is 5.11 Å². The SMILES string of the molecule is CN(C)C(CNC(=O)NCc1ccc(C(=O)O)cc1)c1c(F)cccc1F. The van der Waals surface area contributed by atoms with E-state index >= 15 is 0 Å². The second-order valence-electron chi connectivity index (χ2n) is 6.18. The highest BCUT2D eigenvalue weighted by Gasteiger charge is 2.22. The molecule has 0 aliphatic heterocycles. The van der Waals surface area contributed by atoms with Crippen molar-refractivity contribution in [2.75, 3.05) is 20.6 Å². The second-order valence-corrected chi connectivity index (χ2v) is 6.18. The molecule has 0 heterocycles. The van der Waals surface area contributed by atoms with Gasteiger partial charge < -0.3 is 20.6 Å². The van der Waals surface area contributed by atoms with Gasteiger partial charge in [-0.25, -0.2) is 18.4 Å². The molecule has 0 aromatic heterocycles. The summed E-state index contributed by atoms with van der Waals surface area (Å²) in [6.45, 7) is 0.195. The summed E-state index contributed by atoms with van der Waals surface area (Å²) in [5.74, 6) is -2.37. The first kappa shape index (κ1) is 20.3. The fourth-order valence-corrected chi connectivity index (χ4v) is 2.57. The van der Waals surface area contributed by atoms with E-state index in [0.717, 1.165) is 5.56 Å². The summed E-state index contributed by atoms with van der Waals surface area (Å²) in [5.41, 5.74) is 0.774. The lowest BCUT2D eigenvalue weighted by Gasteiger charge is -2.25. The van der Waals surface area contributed by atoms with Crippen molar-refractivity contribution in [1.29, 1.82) is 0 Å². The maximum Gasteiger partial charge on any atom is 0.335 e. The van der Waals surface area contributed by atoms with Crippen LogP contribution in [0.15, 0.2) is 42.5 Å². The number of carbonyl (C=O) groups excluding carboxylic acids is 1. The number of nitrogens with zero attached hydrogens (tertiary/aromatic N) is 1. The number of hydrogen-bond acceptors (Lipinski definition) is 3. The number of likely N-dealkylation sites (N-methyl/N-ethyl adjacent to an activating group) is 1. The Kier molecular flexibility index (Phi) is 6.84. The van der Waals surface area contributed by atoms with Crippen molar-refractivity contribution in [1.82, 2.24) is 15.5 Å². The highest BCUT2D eigenvalue weighted by molar-refractivity contribution is 5.87. The minimum atomic E-state index is -1.03. The molecule has 0 spiro atoms. The van der Waals surface area contributed by atoms with E-state index in [1.165, 1.54) is 30.3 Å². The van der Waals surface area contributed by atoms with Gasteiger partial charge in [-0.1, -0.05) is 18.2 Å². The van der Waals surface area contributed by atoms with Crippen LogP contribution in [0.1, 0.15) is 27.5 Å². The Morgan fingerprint density at radius 1 is 1.04 bits per heavy atom. The van der Waals surface area contributed by atoms with E-state index < -0.39 is 29.7 Å². The van der Waals surface area contributed by atoms with Gasteiger partial charge in [-0.2, -0.15) is 0 Å². The lowest BCUT2D eigenvalue weighted by Crippen LogP contribution is -2.40. The Labute approximate surface area is 155 Å². The number of hydrogen-bond donors (Lipinski definition) is 3. The van der Waals surface area contributed by atoms with Crippen LogP contribution in [0.3, 0.4) is 0 Å². The Hall–Kier alpha value is -3.00. The molecule has 144 valence electrons. The molecule has 0 bridgehead atoms. The monoisotopic (exact) mass is 377 g/mol. The van der Waals surface area contributed by atoms with Crippen LogP contribution in [0.2, 0.25) is 0 Å². The maximum absolute atomic E-state index is 14.0. The Morgan fingerprint density at radius 2 is 1.63 bits per heavy atom. The van der Waals surface area contributed by atoms with Crippen molar-refractivity contribution in [3.05, 3.63) is 70.8 Å². The van der Waals surface area contributed by atoms with Crippen LogP contribution in [0.4, 0.5) is 13.6 Å². The first-order chi connectivity index (χ1) is 12.8. The quantitative estimate of drug-likeness (QED) is 0.693. The van der Waals surface area contributed by atoms with Gasteiger partial charge in [-0.05, 0) is 43.9 Å². The number of aromatic carboxylic acids is 1. The van der Waals surface area contributed by atoms with Crippen molar-refractivity contribution >= 4 is 12.0 Å². The second kappa shape index (κ2) is 9.09. The molecule has 2 amide bonds. The number of carboxylic acid groups (broad SMARTS) is 1. The Balaban J connectivity index is 1.93. The molecule has 1 unspecified atom stereocenters. The molecule has 0 radical (unpaired) electrons. The highest BCUT2D eigenvalue weighted by Crippen LogP contribution is 2.23. The standard InChI is InChI=1S/C19H21F2N3O3/c1-24(2)16(17-14(20)4-3-5-15(17)21)11-23-19(27)22-10-12-6-8-13(9-7-12)18(25)26/h3-9,16H,10-11H2,1-2H3,(H,25,26)(H2,22,23,27). The van der Waals surface area contributed by atoms with Crippen molar-refractivity contribution in [3.63, 3.8) is 0 Å². The van der Waals surface area contributed by atoms with Crippen LogP contribution in [0.5, 0.6) is 0 Å². The minimum Gasteiger partial charge on any atom is -0.478 e. The molecule has 0 aliphatic carbocycles. The lowest BCUT2D eigenvalue weighted by molar-refractivity contribution is 0.0697. The largest absolute Gasteiger partial charge is 0.478 e. The third-order valence-corrected chi connectivity index (χ3v) is 4.07. The van der Waals surface area contributed by atoms with Crippen LogP contribution in [0, 0.1) is 11.6 Å². The van der Waals surface area contributed by atoms with Gasteiger partial charge in [-0.3, -0.25) is 0 Å². The van der Waals surface area contributed by atoms with Gasteiger partial charge in [0.05, 0.1) is 11.6 Å². The van der Waals surface area contributed by atoms with E-state index in [0.29, 0.717) is 0 Å². The average Bonchev–Trinajstić information content (AvgIpc) is 2.62. The van der Waals surface area contributed by atoms with Gasteiger partial charge in [0, 0.05) is 18.7 Å². The van der Waals surface area contributed by atoms with Crippen molar-refractivity contribution in [3.8, 4) is 0 Å². The van der Waals surface area contributed by atoms with E-state index in [1.807, 2.05) is 0 Å². The molecule has 2 rings (SSSR count). The van der Waals surface area contributed by atoms with Crippen molar-refractivity contribution < 1.29 is 23.5 Å². The first-order valence-corrected chi connectivity index (χ1v) is 8.24. The van der Waals surface area contributed by atoms with Gasteiger partial charge in [0.25, 0.3) is 0 Å². The molecule has 0 saturated heterocycles. The summed E-state index contributed by atoms with van der Waals surface area (Å²) in [5, 5.41) is 14.1. The third-order valence-electron chi connectivity index (χ3n) is 4.07. The Morgan fingerprint density at radius 3 is 2.15 bits per heavy atom. The van der Waals surface area contributed by atoms with Gasteiger partial charge in [0.15, 0.2) is 0 Å². The van der Waals surface area contributed by atoms with Crippen LogP contribution in [-0.2, 0) is 6.54 Å². The molecule has 2 aromatic carbocycles. The van der Waals surface area contributed by atoms with Crippen LogP contribution >= 0.6 is 0 Å². The number of amides is 2. The molecule has 0 saturated carbocycles. The molecule has 6 nitrogen and oxygen atoms in total. The predicted molar refractivity (Wildman–Crippen MR) is 96.4 cm³/mol. The first-order valence-electron chi connectivity index (χ1n) is 8.24. The number of benzene rings is 2. The van der Waals surface area contributed by atoms with Gasteiger partial charge >= 0.3 is 12.0 Å². The number of rotatable bonds is 7. The van der Waals surface area contributed by atoms with Gasteiger partial charge in [0.2, 0.25) is 0 Å². The normalized spacial score (nSPS) is 11.9. The smallest absolute Gasteiger partial charge is 0.335 e. The number of urea groups is 1. The topological polar surface area (TPSA) is 81.7 Å². The summed E-state index contributed by atoms with van der Waals surface area (Å²) in [6.07, 6.45) is 0. The van der Waals surface area contributed by atoms with Crippen LogP contribution < -0.4 is 10.6 Å². The van der Waals surface area contributed by atoms with E-state index in [9.17, 15) is 18.4 Å². The van der Waals surface area contributed by atoms with Gasteiger partial charge in [-0.15, -0.1) is 0 Å². The zero-order valence-corrected chi connectivity index (χ0v) is 15.0. The molecule has 3 N–H and O–H groups in total. The van der Waals surface area contributed by atoms with E-state index in [-0.39, 0.29) is 24.2 Å². The fourth-order valence-electron chi connectivity index (χ4n) is 2.57. The summed E-state index contributed by atoms with van der Waals surface area (Å²) in [7, 11) is 3.33. The summed E-state index contributed by atoms with van der Waals surface area (Å²) in [6, 6.07) is 8.55. The number of halogens is 2. The molecular weight excluding hydrogens is 356 g/mol. The van der Waals surface area contributed by atoms with Gasteiger partial charge in [0.1, 0.15) is 11.6 Å². The molecule has 8 heteroatoms. The average molecular weight is 377 g/mol. The van der Waals surface area contributed by atoms with E-state index in [2.05, 4.69) is 10.6 Å². The number of carboxylic acids is 1. The van der Waals surface area contributed by atoms with E-state index in [1.54, 1.807) is 31.1 Å². The fraction of sp³-hybridized carbons (Fsp3) is 0.263. The van der Waals surface area contributed by atoms with Crippen LogP contribution in [-0.4, -0.2) is 42.6 Å². The molecule has 2 aromatic rings. The summed E-state index contributed by atoms with van der Waals surface area (Å²) >= 11 is 0. The van der Waals surface area contributed by atoms with Crippen molar-refractivity contribution in [2.24, 2.45) is 0 Å². The lowest BCUT2D eigenvalue weighted by atomic mass is 10.0. The minimum absolute atomic E-state index is 0.00857. The summed E-state index contributed by atoms with van der Waals surface area (Å²) in [4.78, 5) is 24.4. The van der Waals surface area contributed by atoms with Crippen LogP contribution in [0.25, 0.3) is 0 Å². The van der Waals surface area contributed by atoms with Crippen molar-refractivity contribution in [2.45, 2.75) is 12.6 Å². The molecular formula is C19H21F2N3O3. The highest BCUT2D eigenvalue weighted by atomic mass is 19.1. The molecule has 1 atom stereocenters. The molecule has 0 aliphatic rings. The molecule has 27 heavy (non-hydrogen) atoms.